The molecule has 0 aromatic rings. The monoisotopic (exact) mass is 245 g/mol. The van der Waals surface area contributed by atoms with Gasteiger partial charge in [-0.25, -0.2) is 0 Å². The SMILES string of the molecule is O=C(O)C(Cl)CN1CCC2(CCCC2)CC1. The average molecular weight is 246 g/mol. The highest BCUT2D eigenvalue weighted by atomic mass is 35.5. The van der Waals surface area contributed by atoms with Crippen molar-refractivity contribution in [2.75, 3.05) is 19.6 Å². The lowest BCUT2D eigenvalue weighted by atomic mass is 9.77. The first kappa shape index (κ1) is 12.2. The number of carbonyl (C=O) groups is 1. The molecule has 1 aliphatic carbocycles. The third-order valence-corrected chi connectivity index (χ3v) is 4.59. The highest BCUT2D eigenvalue weighted by Gasteiger charge is 2.37. The van der Waals surface area contributed by atoms with E-state index in [-0.39, 0.29) is 0 Å². The van der Waals surface area contributed by atoms with Crippen molar-refractivity contribution in [2.45, 2.75) is 43.9 Å². The van der Waals surface area contributed by atoms with E-state index in [4.69, 9.17) is 16.7 Å². The first-order valence-electron chi connectivity index (χ1n) is 6.21. The molecule has 16 heavy (non-hydrogen) atoms. The third-order valence-electron chi connectivity index (χ3n) is 4.27. The third kappa shape index (κ3) is 2.69. The van der Waals surface area contributed by atoms with Crippen LogP contribution in [0.2, 0.25) is 0 Å². The highest BCUT2D eigenvalue weighted by molar-refractivity contribution is 6.29. The number of carboxylic acid groups (broad SMARTS) is 1. The van der Waals surface area contributed by atoms with Gasteiger partial charge in [0.2, 0.25) is 0 Å². The Morgan fingerprint density at radius 3 is 2.31 bits per heavy atom. The van der Waals surface area contributed by atoms with Crippen LogP contribution in [0.25, 0.3) is 0 Å². The van der Waals surface area contributed by atoms with Crippen molar-refractivity contribution in [3.63, 3.8) is 0 Å². The number of piperidine rings is 1. The summed E-state index contributed by atoms with van der Waals surface area (Å²) in [4.78, 5) is 12.9. The molecule has 1 saturated heterocycles. The minimum absolute atomic E-state index is 0.493. The van der Waals surface area contributed by atoms with Gasteiger partial charge in [0.25, 0.3) is 0 Å². The molecule has 0 radical (unpaired) electrons. The maximum absolute atomic E-state index is 10.7. The normalized spacial score (nSPS) is 27.1. The Morgan fingerprint density at radius 2 is 1.81 bits per heavy atom. The fourth-order valence-electron chi connectivity index (χ4n) is 3.14. The van der Waals surface area contributed by atoms with Gasteiger partial charge in [0.1, 0.15) is 5.38 Å². The Bertz CT molecular complexity index is 254. The van der Waals surface area contributed by atoms with E-state index in [1.807, 2.05) is 0 Å². The van der Waals surface area contributed by atoms with Gasteiger partial charge in [0.15, 0.2) is 0 Å². The van der Waals surface area contributed by atoms with Gasteiger partial charge in [-0.3, -0.25) is 4.79 Å². The molecular weight excluding hydrogens is 226 g/mol. The van der Waals surface area contributed by atoms with E-state index >= 15 is 0 Å². The first-order chi connectivity index (χ1) is 7.61. The van der Waals surface area contributed by atoms with Crippen LogP contribution in [0.15, 0.2) is 0 Å². The quantitative estimate of drug-likeness (QED) is 0.776. The van der Waals surface area contributed by atoms with Crippen LogP contribution in [-0.2, 0) is 4.79 Å². The van der Waals surface area contributed by atoms with Gasteiger partial charge in [0, 0.05) is 6.54 Å². The van der Waals surface area contributed by atoms with E-state index in [0.29, 0.717) is 12.0 Å². The van der Waals surface area contributed by atoms with Gasteiger partial charge in [-0.1, -0.05) is 12.8 Å². The van der Waals surface area contributed by atoms with Gasteiger partial charge in [-0.15, -0.1) is 11.6 Å². The van der Waals surface area contributed by atoms with Crippen molar-refractivity contribution in [1.29, 1.82) is 0 Å². The molecule has 0 aromatic carbocycles. The number of alkyl halides is 1. The molecule has 1 N–H and O–H groups in total. The van der Waals surface area contributed by atoms with Crippen LogP contribution in [0.4, 0.5) is 0 Å². The van der Waals surface area contributed by atoms with Crippen molar-refractivity contribution in [1.82, 2.24) is 4.90 Å². The fourth-order valence-corrected chi connectivity index (χ4v) is 3.33. The summed E-state index contributed by atoms with van der Waals surface area (Å²) in [5.74, 6) is -0.900. The van der Waals surface area contributed by atoms with Gasteiger partial charge in [-0.2, -0.15) is 0 Å². The lowest BCUT2D eigenvalue weighted by Crippen LogP contribution is -2.42. The summed E-state index contributed by atoms with van der Waals surface area (Å²) in [6.07, 6.45) is 7.99. The molecular formula is C12H20ClNO2. The summed E-state index contributed by atoms with van der Waals surface area (Å²) in [5, 5.41) is 8.01. The Kier molecular flexibility index (Phi) is 3.75. The topological polar surface area (TPSA) is 40.5 Å². The molecule has 0 amide bonds. The Hall–Kier alpha value is -0.280. The van der Waals surface area contributed by atoms with E-state index < -0.39 is 11.3 Å². The average Bonchev–Trinajstić information content (AvgIpc) is 2.70. The van der Waals surface area contributed by atoms with Crippen molar-refractivity contribution in [3.05, 3.63) is 0 Å². The molecule has 92 valence electrons. The number of likely N-dealkylation sites (tertiary alicyclic amines) is 1. The minimum atomic E-state index is -0.900. The predicted molar refractivity (Wildman–Crippen MR) is 63.9 cm³/mol. The summed E-state index contributed by atoms with van der Waals surface area (Å²) in [5.41, 5.74) is 0.599. The van der Waals surface area contributed by atoms with Crippen molar-refractivity contribution < 1.29 is 9.90 Å². The zero-order valence-electron chi connectivity index (χ0n) is 9.62. The van der Waals surface area contributed by atoms with Gasteiger partial charge in [-0.05, 0) is 44.2 Å². The van der Waals surface area contributed by atoms with Gasteiger partial charge in [0.05, 0.1) is 0 Å². The zero-order valence-corrected chi connectivity index (χ0v) is 10.4. The molecule has 1 heterocycles. The summed E-state index contributed by atoms with van der Waals surface area (Å²) in [6, 6.07) is 0. The van der Waals surface area contributed by atoms with E-state index in [1.165, 1.54) is 38.5 Å². The molecule has 1 unspecified atom stereocenters. The number of halogens is 1. The van der Waals surface area contributed by atoms with Crippen LogP contribution in [0.5, 0.6) is 0 Å². The number of nitrogens with zero attached hydrogens (tertiary/aromatic N) is 1. The van der Waals surface area contributed by atoms with Gasteiger partial charge >= 0.3 is 5.97 Å². The van der Waals surface area contributed by atoms with Crippen LogP contribution in [0.1, 0.15) is 38.5 Å². The largest absolute Gasteiger partial charge is 0.480 e. The minimum Gasteiger partial charge on any atom is -0.480 e. The number of rotatable bonds is 3. The molecule has 1 atom stereocenters. The van der Waals surface area contributed by atoms with E-state index in [9.17, 15) is 4.79 Å². The molecule has 2 fully saturated rings. The summed E-state index contributed by atoms with van der Waals surface area (Å²) >= 11 is 5.76. The van der Waals surface area contributed by atoms with Gasteiger partial charge < -0.3 is 10.0 Å². The zero-order chi connectivity index (χ0) is 11.6. The van der Waals surface area contributed by atoms with Crippen LogP contribution < -0.4 is 0 Å². The lowest BCUT2D eigenvalue weighted by Gasteiger charge is -2.39. The number of aliphatic carboxylic acids is 1. The van der Waals surface area contributed by atoms with E-state index in [0.717, 1.165) is 13.1 Å². The van der Waals surface area contributed by atoms with Crippen LogP contribution >= 0.6 is 11.6 Å². The maximum atomic E-state index is 10.7. The molecule has 0 bridgehead atoms. The van der Waals surface area contributed by atoms with Crippen molar-refractivity contribution in [2.24, 2.45) is 5.41 Å². The maximum Gasteiger partial charge on any atom is 0.322 e. The summed E-state index contributed by atoms with van der Waals surface area (Å²) in [7, 11) is 0. The second kappa shape index (κ2) is 4.92. The molecule has 3 nitrogen and oxygen atoms in total. The molecule has 1 spiro atoms. The summed E-state index contributed by atoms with van der Waals surface area (Å²) < 4.78 is 0. The fraction of sp³-hybridized carbons (Fsp3) is 0.917. The van der Waals surface area contributed by atoms with Crippen molar-refractivity contribution in [3.8, 4) is 0 Å². The first-order valence-corrected chi connectivity index (χ1v) is 6.64. The highest BCUT2D eigenvalue weighted by Crippen LogP contribution is 2.46. The molecule has 4 heteroatoms. The number of hydrogen-bond acceptors (Lipinski definition) is 2. The van der Waals surface area contributed by atoms with E-state index in [1.54, 1.807) is 0 Å². The number of hydrogen-bond donors (Lipinski definition) is 1. The second-order valence-corrected chi connectivity index (χ2v) is 5.84. The second-order valence-electron chi connectivity index (χ2n) is 5.31. The Balaban J connectivity index is 1.78. The van der Waals surface area contributed by atoms with Crippen LogP contribution in [0, 0.1) is 5.41 Å². The van der Waals surface area contributed by atoms with Crippen molar-refractivity contribution >= 4 is 17.6 Å². The summed E-state index contributed by atoms with van der Waals surface area (Å²) in [6.45, 7) is 2.54. The standard InChI is InChI=1S/C12H20ClNO2/c13-10(11(15)16)9-14-7-5-12(6-8-14)3-1-2-4-12/h10H,1-9H2,(H,15,16). The molecule has 2 aliphatic rings. The molecule has 1 saturated carbocycles. The predicted octanol–water partition coefficient (Wildman–Crippen LogP) is 2.33. The molecule has 2 rings (SSSR count). The smallest absolute Gasteiger partial charge is 0.322 e. The Labute approximate surface area is 102 Å². The lowest BCUT2D eigenvalue weighted by molar-refractivity contribution is -0.137. The van der Waals surface area contributed by atoms with E-state index in [2.05, 4.69) is 4.90 Å². The Morgan fingerprint density at radius 1 is 1.25 bits per heavy atom. The van der Waals surface area contributed by atoms with Crippen LogP contribution in [0.3, 0.4) is 0 Å². The van der Waals surface area contributed by atoms with Crippen LogP contribution in [-0.4, -0.2) is 41.0 Å². The molecule has 0 aromatic heterocycles. The number of carboxylic acids is 1. The molecule has 1 aliphatic heterocycles.